The third-order valence-electron chi connectivity index (χ3n) is 3.51. The topological polar surface area (TPSA) is 44.4 Å². The molecular weight excluding hydrogens is 202 g/mol. The normalized spacial score (nSPS) is 23.1. The van der Waals surface area contributed by atoms with Gasteiger partial charge in [0, 0.05) is 44.2 Å². The summed E-state index contributed by atoms with van der Waals surface area (Å²) in [6, 6.07) is 0.478. The maximum Gasteiger partial charge on any atom is 0.222 e. The van der Waals surface area contributed by atoms with Crippen molar-refractivity contribution in [2.24, 2.45) is 0 Å². The number of piperazine rings is 1. The maximum atomic E-state index is 11.8. The summed E-state index contributed by atoms with van der Waals surface area (Å²) in [4.78, 5) is 14.2. The predicted molar refractivity (Wildman–Crippen MR) is 64.3 cm³/mol. The maximum absolute atomic E-state index is 11.8. The summed E-state index contributed by atoms with van der Waals surface area (Å²) in [7, 11) is 0. The zero-order chi connectivity index (χ0) is 11.6. The van der Waals surface area contributed by atoms with Crippen LogP contribution in [0.2, 0.25) is 0 Å². The minimum atomic E-state index is -0.0128. The van der Waals surface area contributed by atoms with E-state index in [2.05, 4.69) is 29.4 Å². The molecule has 0 bridgehead atoms. The summed E-state index contributed by atoms with van der Waals surface area (Å²) < 4.78 is 0. The molecule has 1 saturated carbocycles. The lowest BCUT2D eigenvalue weighted by Gasteiger charge is -2.40. The zero-order valence-electron chi connectivity index (χ0n) is 10.4. The summed E-state index contributed by atoms with van der Waals surface area (Å²) >= 11 is 0. The monoisotopic (exact) mass is 225 g/mol. The largest absolute Gasteiger partial charge is 0.353 e. The van der Waals surface area contributed by atoms with Gasteiger partial charge >= 0.3 is 0 Å². The number of nitrogens with zero attached hydrogens (tertiary/aromatic N) is 1. The molecule has 0 aromatic carbocycles. The molecular formula is C12H23N3O. The van der Waals surface area contributed by atoms with Crippen molar-refractivity contribution in [2.45, 2.75) is 44.7 Å². The predicted octanol–water partition coefficient (Wildman–Crippen LogP) is 0.339. The molecule has 0 unspecified atom stereocenters. The molecule has 0 spiro atoms. The second-order valence-corrected chi connectivity index (χ2v) is 5.57. The smallest absolute Gasteiger partial charge is 0.222 e. The molecule has 0 atom stereocenters. The van der Waals surface area contributed by atoms with E-state index in [4.69, 9.17) is 0 Å². The number of hydrogen-bond donors (Lipinski definition) is 2. The van der Waals surface area contributed by atoms with Crippen LogP contribution in [-0.2, 0) is 4.79 Å². The van der Waals surface area contributed by atoms with Crippen molar-refractivity contribution in [2.75, 3.05) is 26.2 Å². The molecule has 2 rings (SSSR count). The molecule has 1 aliphatic carbocycles. The second kappa shape index (κ2) is 4.72. The second-order valence-electron chi connectivity index (χ2n) is 5.57. The first-order valence-electron chi connectivity index (χ1n) is 6.33. The molecule has 4 heteroatoms. The van der Waals surface area contributed by atoms with Gasteiger partial charge in [-0.15, -0.1) is 0 Å². The standard InChI is InChI=1S/C12H23N3O/c1-12(2,15-7-5-13-6-8-15)9-11(16)14-10-3-4-10/h10,13H,3-9H2,1-2H3,(H,14,16). The number of carbonyl (C=O) groups is 1. The number of nitrogens with one attached hydrogen (secondary N) is 2. The van der Waals surface area contributed by atoms with Gasteiger partial charge in [-0.05, 0) is 26.7 Å². The Bertz CT molecular complexity index is 255. The molecule has 16 heavy (non-hydrogen) atoms. The molecule has 2 fully saturated rings. The van der Waals surface area contributed by atoms with Gasteiger partial charge in [0.1, 0.15) is 0 Å². The first kappa shape index (κ1) is 11.9. The van der Waals surface area contributed by atoms with Gasteiger partial charge in [0.05, 0.1) is 0 Å². The van der Waals surface area contributed by atoms with E-state index in [-0.39, 0.29) is 11.4 Å². The molecule has 2 aliphatic rings. The Kier molecular flexibility index (Phi) is 3.50. The Morgan fingerprint density at radius 1 is 1.38 bits per heavy atom. The van der Waals surface area contributed by atoms with Crippen molar-refractivity contribution in [3.05, 3.63) is 0 Å². The van der Waals surface area contributed by atoms with E-state index in [9.17, 15) is 4.79 Å². The first-order chi connectivity index (χ1) is 7.58. The van der Waals surface area contributed by atoms with E-state index in [1.807, 2.05) is 0 Å². The van der Waals surface area contributed by atoms with E-state index >= 15 is 0 Å². The van der Waals surface area contributed by atoms with E-state index in [1.165, 1.54) is 12.8 Å². The molecule has 1 saturated heterocycles. The molecule has 1 amide bonds. The minimum Gasteiger partial charge on any atom is -0.353 e. The average molecular weight is 225 g/mol. The van der Waals surface area contributed by atoms with E-state index < -0.39 is 0 Å². The molecule has 0 aromatic heterocycles. The first-order valence-corrected chi connectivity index (χ1v) is 6.33. The lowest BCUT2D eigenvalue weighted by atomic mass is 9.96. The highest BCUT2D eigenvalue weighted by molar-refractivity contribution is 5.77. The Hall–Kier alpha value is -0.610. The highest BCUT2D eigenvalue weighted by atomic mass is 16.1. The summed E-state index contributed by atoms with van der Waals surface area (Å²) in [6.45, 7) is 8.50. The third-order valence-corrected chi connectivity index (χ3v) is 3.51. The van der Waals surface area contributed by atoms with Crippen LogP contribution < -0.4 is 10.6 Å². The Balaban J connectivity index is 1.81. The Morgan fingerprint density at radius 3 is 2.56 bits per heavy atom. The molecule has 0 radical (unpaired) electrons. The van der Waals surface area contributed by atoms with Crippen molar-refractivity contribution < 1.29 is 4.79 Å². The van der Waals surface area contributed by atoms with Gasteiger partial charge in [-0.1, -0.05) is 0 Å². The fraction of sp³-hybridized carbons (Fsp3) is 0.917. The molecule has 92 valence electrons. The van der Waals surface area contributed by atoms with Crippen LogP contribution in [0, 0.1) is 0 Å². The highest BCUT2D eigenvalue weighted by Crippen LogP contribution is 2.22. The third kappa shape index (κ3) is 3.19. The number of rotatable bonds is 4. The van der Waals surface area contributed by atoms with Crippen molar-refractivity contribution in [3.63, 3.8) is 0 Å². The number of amides is 1. The Morgan fingerprint density at radius 2 is 2.00 bits per heavy atom. The lowest BCUT2D eigenvalue weighted by molar-refractivity contribution is -0.123. The Labute approximate surface area is 97.8 Å². The SMILES string of the molecule is CC(C)(CC(=O)NC1CC1)N1CCNCC1. The molecule has 2 N–H and O–H groups in total. The van der Waals surface area contributed by atoms with Crippen LogP contribution in [0.15, 0.2) is 0 Å². The van der Waals surface area contributed by atoms with Gasteiger partial charge in [0.2, 0.25) is 5.91 Å². The van der Waals surface area contributed by atoms with Crippen LogP contribution >= 0.6 is 0 Å². The fourth-order valence-corrected chi connectivity index (χ4v) is 2.28. The van der Waals surface area contributed by atoms with E-state index in [1.54, 1.807) is 0 Å². The van der Waals surface area contributed by atoms with Gasteiger partial charge in [0.15, 0.2) is 0 Å². The van der Waals surface area contributed by atoms with Gasteiger partial charge in [-0.3, -0.25) is 9.69 Å². The molecule has 4 nitrogen and oxygen atoms in total. The lowest BCUT2D eigenvalue weighted by Crippen LogP contribution is -2.54. The van der Waals surface area contributed by atoms with Gasteiger partial charge < -0.3 is 10.6 Å². The summed E-state index contributed by atoms with van der Waals surface area (Å²) in [6.07, 6.45) is 2.95. The summed E-state index contributed by atoms with van der Waals surface area (Å²) in [5.41, 5.74) is -0.0128. The van der Waals surface area contributed by atoms with Crippen molar-refractivity contribution in [3.8, 4) is 0 Å². The summed E-state index contributed by atoms with van der Waals surface area (Å²) in [5, 5.41) is 6.41. The number of hydrogen-bond acceptors (Lipinski definition) is 3. The molecule has 0 aromatic rings. The molecule has 1 heterocycles. The zero-order valence-corrected chi connectivity index (χ0v) is 10.4. The minimum absolute atomic E-state index is 0.0128. The van der Waals surface area contributed by atoms with Crippen LogP contribution in [0.1, 0.15) is 33.1 Å². The number of carbonyl (C=O) groups excluding carboxylic acids is 1. The van der Waals surface area contributed by atoms with E-state index in [0.717, 1.165) is 26.2 Å². The van der Waals surface area contributed by atoms with E-state index in [0.29, 0.717) is 12.5 Å². The van der Waals surface area contributed by atoms with Crippen molar-refractivity contribution in [1.82, 2.24) is 15.5 Å². The quantitative estimate of drug-likeness (QED) is 0.725. The van der Waals surface area contributed by atoms with Crippen LogP contribution in [0.5, 0.6) is 0 Å². The van der Waals surface area contributed by atoms with Crippen LogP contribution in [0.4, 0.5) is 0 Å². The van der Waals surface area contributed by atoms with Crippen molar-refractivity contribution in [1.29, 1.82) is 0 Å². The highest BCUT2D eigenvalue weighted by Gasteiger charge is 2.32. The van der Waals surface area contributed by atoms with Crippen LogP contribution in [-0.4, -0.2) is 48.6 Å². The fourth-order valence-electron chi connectivity index (χ4n) is 2.28. The van der Waals surface area contributed by atoms with Gasteiger partial charge in [-0.25, -0.2) is 0 Å². The molecule has 1 aliphatic heterocycles. The average Bonchev–Trinajstić information content (AvgIpc) is 3.02. The van der Waals surface area contributed by atoms with Crippen molar-refractivity contribution >= 4 is 5.91 Å². The van der Waals surface area contributed by atoms with Gasteiger partial charge in [-0.2, -0.15) is 0 Å². The van der Waals surface area contributed by atoms with Gasteiger partial charge in [0.25, 0.3) is 0 Å². The van der Waals surface area contributed by atoms with Crippen LogP contribution in [0.3, 0.4) is 0 Å². The van der Waals surface area contributed by atoms with Crippen LogP contribution in [0.25, 0.3) is 0 Å². The summed E-state index contributed by atoms with van der Waals surface area (Å²) in [5.74, 6) is 0.214.